The Labute approximate surface area is 77.9 Å². The molecule has 0 aromatic carbocycles. The summed E-state index contributed by atoms with van der Waals surface area (Å²) in [6.07, 6.45) is 1.28. The maximum Gasteiger partial charge on any atom is 0.00665 e. The van der Waals surface area contributed by atoms with Crippen molar-refractivity contribution in [2.45, 2.75) is 47.1 Å². The van der Waals surface area contributed by atoms with Crippen LogP contribution >= 0.6 is 0 Å². The predicted molar refractivity (Wildman–Crippen MR) is 56.3 cm³/mol. The SMILES string of the molecule is CCC(C(C)NC)C(C)C(C)C. The molecule has 0 saturated carbocycles. The van der Waals surface area contributed by atoms with Crippen LogP contribution in [0.15, 0.2) is 0 Å². The van der Waals surface area contributed by atoms with Gasteiger partial charge in [-0.3, -0.25) is 0 Å². The van der Waals surface area contributed by atoms with Crippen molar-refractivity contribution in [2.24, 2.45) is 17.8 Å². The summed E-state index contributed by atoms with van der Waals surface area (Å²) in [4.78, 5) is 0. The highest BCUT2D eigenvalue weighted by molar-refractivity contribution is 4.76. The molecule has 74 valence electrons. The van der Waals surface area contributed by atoms with Crippen LogP contribution in [0.2, 0.25) is 0 Å². The van der Waals surface area contributed by atoms with Crippen molar-refractivity contribution in [1.29, 1.82) is 0 Å². The van der Waals surface area contributed by atoms with Gasteiger partial charge in [-0.2, -0.15) is 0 Å². The summed E-state index contributed by atoms with van der Waals surface area (Å²) in [7, 11) is 2.06. The van der Waals surface area contributed by atoms with Crippen molar-refractivity contribution in [3.63, 3.8) is 0 Å². The fraction of sp³-hybridized carbons (Fsp3) is 1.00. The maximum absolute atomic E-state index is 3.35. The molecule has 3 atom stereocenters. The summed E-state index contributed by atoms with van der Waals surface area (Å²) in [6, 6.07) is 0.646. The summed E-state index contributed by atoms with van der Waals surface area (Å²) in [5.41, 5.74) is 0. The van der Waals surface area contributed by atoms with E-state index in [-0.39, 0.29) is 0 Å². The third kappa shape index (κ3) is 3.14. The van der Waals surface area contributed by atoms with Crippen LogP contribution in [-0.4, -0.2) is 13.1 Å². The molecule has 0 aromatic heterocycles. The minimum Gasteiger partial charge on any atom is -0.317 e. The minimum absolute atomic E-state index is 0.646. The summed E-state index contributed by atoms with van der Waals surface area (Å²) >= 11 is 0. The number of hydrogen-bond donors (Lipinski definition) is 1. The van der Waals surface area contributed by atoms with Gasteiger partial charge in [-0.15, -0.1) is 0 Å². The zero-order valence-corrected chi connectivity index (χ0v) is 9.52. The van der Waals surface area contributed by atoms with Gasteiger partial charge in [-0.05, 0) is 31.7 Å². The lowest BCUT2D eigenvalue weighted by molar-refractivity contribution is 0.221. The van der Waals surface area contributed by atoms with Crippen LogP contribution in [0, 0.1) is 17.8 Å². The second-order valence-electron chi connectivity index (χ2n) is 4.25. The molecule has 3 unspecified atom stereocenters. The van der Waals surface area contributed by atoms with E-state index in [0.29, 0.717) is 6.04 Å². The molecule has 1 heteroatoms. The van der Waals surface area contributed by atoms with Crippen molar-refractivity contribution < 1.29 is 0 Å². The summed E-state index contributed by atoms with van der Waals surface area (Å²) in [6.45, 7) is 11.6. The average molecular weight is 171 g/mol. The van der Waals surface area contributed by atoms with Crippen LogP contribution in [0.5, 0.6) is 0 Å². The average Bonchev–Trinajstić information content (AvgIpc) is 2.05. The van der Waals surface area contributed by atoms with Crippen LogP contribution in [0.1, 0.15) is 41.0 Å². The first-order valence-corrected chi connectivity index (χ1v) is 5.21. The highest BCUT2D eigenvalue weighted by Gasteiger charge is 2.22. The first-order chi connectivity index (χ1) is 5.54. The molecule has 0 bridgehead atoms. The third-order valence-electron chi connectivity index (χ3n) is 3.30. The topological polar surface area (TPSA) is 12.0 Å². The Hall–Kier alpha value is -0.0400. The molecule has 0 aliphatic heterocycles. The van der Waals surface area contributed by atoms with Gasteiger partial charge < -0.3 is 5.32 Å². The smallest absolute Gasteiger partial charge is 0.00665 e. The van der Waals surface area contributed by atoms with Crippen LogP contribution < -0.4 is 5.32 Å². The molecular formula is C11H25N. The molecule has 0 aliphatic rings. The van der Waals surface area contributed by atoms with E-state index < -0.39 is 0 Å². The summed E-state index contributed by atoms with van der Waals surface area (Å²) in [5, 5.41) is 3.35. The van der Waals surface area contributed by atoms with E-state index in [0.717, 1.165) is 17.8 Å². The van der Waals surface area contributed by atoms with Gasteiger partial charge in [0.25, 0.3) is 0 Å². The lowest BCUT2D eigenvalue weighted by Gasteiger charge is -2.31. The van der Waals surface area contributed by atoms with E-state index in [4.69, 9.17) is 0 Å². The molecule has 0 amide bonds. The Morgan fingerprint density at radius 2 is 1.58 bits per heavy atom. The molecule has 0 saturated heterocycles. The van der Waals surface area contributed by atoms with E-state index >= 15 is 0 Å². The lowest BCUT2D eigenvalue weighted by Crippen LogP contribution is -2.35. The number of nitrogens with one attached hydrogen (secondary N) is 1. The number of hydrogen-bond acceptors (Lipinski definition) is 1. The van der Waals surface area contributed by atoms with E-state index in [9.17, 15) is 0 Å². The van der Waals surface area contributed by atoms with Gasteiger partial charge in [0.1, 0.15) is 0 Å². The zero-order chi connectivity index (χ0) is 9.72. The first-order valence-electron chi connectivity index (χ1n) is 5.21. The van der Waals surface area contributed by atoms with Crippen molar-refractivity contribution in [2.75, 3.05) is 7.05 Å². The summed E-state index contributed by atoms with van der Waals surface area (Å²) in [5.74, 6) is 2.43. The van der Waals surface area contributed by atoms with Gasteiger partial charge in [-0.25, -0.2) is 0 Å². The predicted octanol–water partition coefficient (Wildman–Crippen LogP) is 2.91. The Balaban J connectivity index is 4.13. The van der Waals surface area contributed by atoms with Crippen LogP contribution in [0.25, 0.3) is 0 Å². The molecule has 1 N–H and O–H groups in total. The first kappa shape index (κ1) is 12.0. The van der Waals surface area contributed by atoms with Crippen molar-refractivity contribution >= 4 is 0 Å². The van der Waals surface area contributed by atoms with Gasteiger partial charge in [0.15, 0.2) is 0 Å². The van der Waals surface area contributed by atoms with Gasteiger partial charge in [-0.1, -0.05) is 34.1 Å². The highest BCUT2D eigenvalue weighted by atomic mass is 14.9. The van der Waals surface area contributed by atoms with Crippen molar-refractivity contribution in [3.8, 4) is 0 Å². The van der Waals surface area contributed by atoms with Crippen LogP contribution in [0.4, 0.5) is 0 Å². The lowest BCUT2D eigenvalue weighted by atomic mass is 9.79. The summed E-state index contributed by atoms with van der Waals surface area (Å²) < 4.78 is 0. The van der Waals surface area contributed by atoms with E-state index in [1.165, 1.54) is 6.42 Å². The second-order valence-corrected chi connectivity index (χ2v) is 4.25. The molecule has 0 aromatic rings. The maximum atomic E-state index is 3.35. The van der Waals surface area contributed by atoms with Crippen LogP contribution in [0.3, 0.4) is 0 Å². The molecule has 0 radical (unpaired) electrons. The van der Waals surface area contributed by atoms with Gasteiger partial charge >= 0.3 is 0 Å². The number of rotatable bonds is 5. The molecule has 0 fully saturated rings. The Morgan fingerprint density at radius 3 is 1.83 bits per heavy atom. The minimum atomic E-state index is 0.646. The fourth-order valence-electron chi connectivity index (χ4n) is 1.89. The van der Waals surface area contributed by atoms with Gasteiger partial charge in [0, 0.05) is 6.04 Å². The Bertz CT molecular complexity index is 110. The van der Waals surface area contributed by atoms with E-state index in [1.807, 2.05) is 0 Å². The fourth-order valence-corrected chi connectivity index (χ4v) is 1.89. The second kappa shape index (κ2) is 5.58. The van der Waals surface area contributed by atoms with Crippen LogP contribution in [-0.2, 0) is 0 Å². The van der Waals surface area contributed by atoms with Crippen molar-refractivity contribution in [1.82, 2.24) is 5.32 Å². The molecule has 0 aliphatic carbocycles. The van der Waals surface area contributed by atoms with Gasteiger partial charge in [0.05, 0.1) is 0 Å². The van der Waals surface area contributed by atoms with Gasteiger partial charge in [0.2, 0.25) is 0 Å². The quantitative estimate of drug-likeness (QED) is 0.670. The van der Waals surface area contributed by atoms with E-state index in [1.54, 1.807) is 0 Å². The van der Waals surface area contributed by atoms with Crippen molar-refractivity contribution in [3.05, 3.63) is 0 Å². The normalized spacial score (nSPS) is 19.2. The molecule has 0 heterocycles. The highest BCUT2D eigenvalue weighted by Crippen LogP contribution is 2.25. The molecule has 1 nitrogen and oxygen atoms in total. The molecule has 12 heavy (non-hydrogen) atoms. The zero-order valence-electron chi connectivity index (χ0n) is 9.52. The standard InChI is InChI=1S/C11H25N/c1-7-11(10(5)12-6)9(4)8(2)3/h8-12H,7H2,1-6H3. The largest absolute Gasteiger partial charge is 0.317 e. The Kier molecular flexibility index (Phi) is 5.56. The van der Waals surface area contributed by atoms with E-state index in [2.05, 4.69) is 47.0 Å². The Morgan fingerprint density at radius 1 is 1.08 bits per heavy atom. The molecule has 0 rings (SSSR count). The molecular weight excluding hydrogens is 146 g/mol. The molecule has 0 spiro atoms. The monoisotopic (exact) mass is 171 g/mol. The third-order valence-corrected chi connectivity index (χ3v) is 3.30.